The zero-order valence-corrected chi connectivity index (χ0v) is 22.0. The van der Waals surface area contributed by atoms with Gasteiger partial charge in [-0.05, 0) is 68.0 Å². The fourth-order valence-corrected chi connectivity index (χ4v) is 6.99. The summed E-state index contributed by atoms with van der Waals surface area (Å²) in [5.74, 6) is -3.50. The van der Waals surface area contributed by atoms with Crippen LogP contribution in [0.1, 0.15) is 38.7 Å². The zero-order chi connectivity index (χ0) is 25.9. The summed E-state index contributed by atoms with van der Waals surface area (Å²) in [4.78, 5) is 4.86. The fourth-order valence-electron chi connectivity index (χ4n) is 4.40. The van der Waals surface area contributed by atoms with Gasteiger partial charge in [-0.25, -0.2) is 26.6 Å². The highest BCUT2D eigenvalue weighted by atomic mass is 32.2. The minimum absolute atomic E-state index is 0.166. The van der Waals surface area contributed by atoms with Crippen LogP contribution >= 0.6 is 11.8 Å². The van der Waals surface area contributed by atoms with E-state index in [9.17, 15) is 21.6 Å². The van der Waals surface area contributed by atoms with Crippen molar-refractivity contribution in [1.29, 1.82) is 0 Å². The molecule has 0 bridgehead atoms. The number of ether oxygens (including phenoxy) is 1. The predicted molar refractivity (Wildman–Crippen MR) is 134 cm³/mol. The molecule has 0 aliphatic carbocycles. The number of fused-ring (bicyclic) bond motifs is 1. The minimum atomic E-state index is -3.64. The van der Waals surface area contributed by atoms with E-state index in [0.29, 0.717) is 55.9 Å². The van der Waals surface area contributed by atoms with Gasteiger partial charge in [0.25, 0.3) is 0 Å². The van der Waals surface area contributed by atoms with Crippen LogP contribution in [-0.2, 0) is 27.1 Å². The molecular weight excluding hydrogens is 511 g/mol. The molecule has 0 N–H and O–H groups in total. The van der Waals surface area contributed by atoms with Crippen molar-refractivity contribution in [3.63, 3.8) is 0 Å². The van der Waals surface area contributed by atoms with Gasteiger partial charge in [0.1, 0.15) is 0 Å². The van der Waals surface area contributed by atoms with Crippen LogP contribution in [0, 0.1) is 23.4 Å². The van der Waals surface area contributed by atoms with Crippen LogP contribution in [0.4, 0.5) is 13.2 Å². The molecule has 1 saturated heterocycles. The predicted octanol–water partition coefficient (Wildman–Crippen LogP) is 5.59. The highest BCUT2D eigenvalue weighted by Crippen LogP contribution is 2.31. The Morgan fingerprint density at radius 1 is 1.17 bits per heavy atom. The molecule has 196 valence electrons. The van der Waals surface area contributed by atoms with Gasteiger partial charge < -0.3 is 9.30 Å². The number of imidazole rings is 1. The van der Waals surface area contributed by atoms with Crippen molar-refractivity contribution in [3.8, 4) is 0 Å². The third kappa shape index (κ3) is 5.90. The number of nitrogens with zero attached hydrogens (tertiary/aromatic N) is 3. The second-order valence-electron chi connectivity index (χ2n) is 9.02. The van der Waals surface area contributed by atoms with Gasteiger partial charge in [-0.1, -0.05) is 18.7 Å². The molecule has 3 aromatic rings. The molecule has 0 saturated carbocycles. The zero-order valence-electron chi connectivity index (χ0n) is 20.3. The van der Waals surface area contributed by atoms with Crippen molar-refractivity contribution < 1.29 is 26.3 Å². The lowest BCUT2D eigenvalue weighted by Crippen LogP contribution is -2.39. The quantitative estimate of drug-likeness (QED) is 0.190. The molecule has 6 nitrogen and oxygen atoms in total. The number of benzene rings is 2. The lowest BCUT2D eigenvalue weighted by atomic mass is 10.0. The first kappa shape index (κ1) is 27.0. The van der Waals surface area contributed by atoms with Crippen LogP contribution in [0.2, 0.25) is 0 Å². The maximum absolute atomic E-state index is 13.7. The van der Waals surface area contributed by atoms with Gasteiger partial charge in [0.15, 0.2) is 22.6 Å². The molecule has 36 heavy (non-hydrogen) atoms. The van der Waals surface area contributed by atoms with E-state index in [0.717, 1.165) is 30.5 Å². The number of aryl methyl sites for hydroxylation is 1. The van der Waals surface area contributed by atoms with Crippen LogP contribution in [0.3, 0.4) is 0 Å². The van der Waals surface area contributed by atoms with E-state index in [4.69, 9.17) is 4.74 Å². The Morgan fingerprint density at radius 3 is 2.61 bits per heavy atom. The molecule has 0 unspecified atom stereocenters. The lowest BCUT2D eigenvalue weighted by Gasteiger charge is -2.30. The second kappa shape index (κ2) is 11.5. The van der Waals surface area contributed by atoms with Gasteiger partial charge >= 0.3 is 0 Å². The van der Waals surface area contributed by atoms with Gasteiger partial charge in [0.2, 0.25) is 10.0 Å². The van der Waals surface area contributed by atoms with Crippen molar-refractivity contribution in [1.82, 2.24) is 13.9 Å². The van der Waals surface area contributed by atoms with E-state index in [2.05, 4.69) is 11.9 Å². The fraction of sp³-hybridized carbons (Fsp3) is 0.480. The molecule has 1 aliphatic heterocycles. The van der Waals surface area contributed by atoms with Gasteiger partial charge in [0.05, 0.1) is 15.9 Å². The highest BCUT2D eigenvalue weighted by Gasteiger charge is 2.29. The largest absolute Gasteiger partial charge is 0.382 e. The minimum Gasteiger partial charge on any atom is -0.382 e. The summed E-state index contributed by atoms with van der Waals surface area (Å²) in [5.41, 5.74) is 1.57. The molecule has 0 amide bonds. The maximum atomic E-state index is 13.7. The molecule has 2 heterocycles. The number of hydrogen-bond donors (Lipinski definition) is 0. The molecule has 1 aromatic heterocycles. The Balaban J connectivity index is 1.64. The van der Waals surface area contributed by atoms with E-state index in [1.165, 1.54) is 16.1 Å². The van der Waals surface area contributed by atoms with Crippen molar-refractivity contribution in [2.45, 2.75) is 55.5 Å². The summed E-state index contributed by atoms with van der Waals surface area (Å²) in [5, 5.41) is 0.577. The molecule has 2 aromatic carbocycles. The Kier molecular flexibility index (Phi) is 8.64. The Morgan fingerprint density at radius 2 is 1.92 bits per heavy atom. The van der Waals surface area contributed by atoms with E-state index >= 15 is 0 Å². The van der Waals surface area contributed by atoms with Crippen molar-refractivity contribution in [3.05, 3.63) is 53.3 Å². The third-order valence-corrected chi connectivity index (χ3v) is 9.14. The number of hydrogen-bond acceptors (Lipinski definition) is 5. The van der Waals surface area contributed by atoms with Gasteiger partial charge in [-0.15, -0.1) is 0 Å². The lowest BCUT2D eigenvalue weighted by molar-refractivity contribution is 0.141. The van der Waals surface area contributed by atoms with Crippen molar-refractivity contribution >= 4 is 32.8 Å². The first-order valence-electron chi connectivity index (χ1n) is 12.0. The van der Waals surface area contributed by atoms with Crippen LogP contribution < -0.4 is 0 Å². The SMILES string of the molecule is CCOCCCn1c(SCc2cc(F)c(F)c(F)c2)nc2cc(S(=O)(=O)N3CCC[C@@H](C)C3)ccc21. The topological polar surface area (TPSA) is 64.4 Å². The summed E-state index contributed by atoms with van der Waals surface area (Å²) in [6, 6.07) is 6.89. The molecule has 1 aliphatic rings. The Labute approximate surface area is 213 Å². The average Bonchev–Trinajstić information content (AvgIpc) is 3.20. The summed E-state index contributed by atoms with van der Waals surface area (Å²) in [7, 11) is -3.64. The van der Waals surface area contributed by atoms with E-state index in [-0.39, 0.29) is 16.2 Å². The van der Waals surface area contributed by atoms with E-state index in [1.54, 1.807) is 18.2 Å². The average molecular weight is 542 g/mol. The third-order valence-electron chi connectivity index (χ3n) is 6.23. The number of aromatic nitrogens is 2. The van der Waals surface area contributed by atoms with Gasteiger partial charge in [-0.2, -0.15) is 4.31 Å². The molecule has 1 fully saturated rings. The van der Waals surface area contributed by atoms with Crippen LogP contribution in [0.25, 0.3) is 11.0 Å². The number of rotatable bonds is 10. The number of halogens is 3. The van der Waals surface area contributed by atoms with Crippen LogP contribution in [0.15, 0.2) is 40.4 Å². The summed E-state index contributed by atoms with van der Waals surface area (Å²) in [6.07, 6.45) is 2.56. The standard InChI is InChI=1S/C25H30F3N3O3S2/c1-3-34-11-5-10-31-23-8-7-19(36(32,33)30-9-4-6-17(2)15-30)14-22(23)29-25(31)35-16-18-12-20(26)24(28)21(27)13-18/h7-8,12-14,17H,3-6,9-11,15-16H2,1-2H3/t17-/m1/s1. The Hall–Kier alpha value is -2.08. The smallest absolute Gasteiger partial charge is 0.243 e. The number of sulfonamides is 1. The molecule has 1 atom stereocenters. The Bertz CT molecular complexity index is 1310. The van der Waals surface area contributed by atoms with Crippen LogP contribution in [0.5, 0.6) is 0 Å². The number of thioether (sulfide) groups is 1. The first-order valence-corrected chi connectivity index (χ1v) is 14.5. The summed E-state index contributed by atoms with van der Waals surface area (Å²) in [6.45, 7) is 6.69. The molecule has 0 radical (unpaired) electrons. The first-order chi connectivity index (χ1) is 17.2. The monoisotopic (exact) mass is 541 g/mol. The molecule has 11 heteroatoms. The van der Waals surface area contributed by atoms with Gasteiger partial charge in [0, 0.05) is 38.6 Å². The maximum Gasteiger partial charge on any atom is 0.243 e. The molecule has 4 rings (SSSR count). The highest BCUT2D eigenvalue weighted by molar-refractivity contribution is 7.98. The van der Waals surface area contributed by atoms with Crippen LogP contribution in [-0.4, -0.2) is 48.6 Å². The van der Waals surface area contributed by atoms with Crippen molar-refractivity contribution in [2.24, 2.45) is 5.92 Å². The summed E-state index contributed by atoms with van der Waals surface area (Å²) >= 11 is 1.25. The summed E-state index contributed by atoms with van der Waals surface area (Å²) < 4.78 is 76.2. The molecule has 0 spiro atoms. The second-order valence-corrected chi connectivity index (χ2v) is 11.9. The molecular formula is C25H30F3N3O3S2. The van der Waals surface area contributed by atoms with E-state index in [1.807, 2.05) is 11.5 Å². The van der Waals surface area contributed by atoms with Gasteiger partial charge in [-0.3, -0.25) is 0 Å². The number of piperidine rings is 1. The van der Waals surface area contributed by atoms with E-state index < -0.39 is 27.5 Å². The van der Waals surface area contributed by atoms with Crippen molar-refractivity contribution in [2.75, 3.05) is 26.3 Å². The normalized spacial score (nSPS) is 17.2.